The molecular formula is C28H41N3O3. The molecule has 0 aliphatic heterocycles. The molecule has 0 unspecified atom stereocenters. The van der Waals surface area contributed by atoms with Crippen molar-refractivity contribution in [2.45, 2.75) is 72.0 Å². The smallest absolute Gasteiger partial charge is 0.242 e. The van der Waals surface area contributed by atoms with Gasteiger partial charge in [-0.2, -0.15) is 0 Å². The molecule has 34 heavy (non-hydrogen) atoms. The van der Waals surface area contributed by atoms with Gasteiger partial charge in [-0.15, -0.1) is 0 Å². The molecule has 1 saturated carbocycles. The first kappa shape index (κ1) is 26.0. The van der Waals surface area contributed by atoms with Gasteiger partial charge in [-0.1, -0.05) is 70.4 Å². The average molecular weight is 468 g/mol. The van der Waals surface area contributed by atoms with Crippen LogP contribution in [0.25, 0.3) is 0 Å². The molecule has 0 spiro atoms. The monoisotopic (exact) mass is 467 g/mol. The van der Waals surface area contributed by atoms with E-state index in [4.69, 9.17) is 4.74 Å². The summed E-state index contributed by atoms with van der Waals surface area (Å²) >= 11 is 0. The molecule has 0 saturated heterocycles. The van der Waals surface area contributed by atoms with Gasteiger partial charge < -0.3 is 19.1 Å². The van der Waals surface area contributed by atoms with Gasteiger partial charge in [-0.3, -0.25) is 9.59 Å². The van der Waals surface area contributed by atoms with Gasteiger partial charge in [-0.05, 0) is 30.5 Å². The van der Waals surface area contributed by atoms with E-state index in [0.717, 1.165) is 37.9 Å². The highest BCUT2D eigenvalue weighted by atomic mass is 16.5. The maximum atomic E-state index is 13.7. The predicted octanol–water partition coefficient (Wildman–Crippen LogP) is 4.72. The SMILES string of the molecule is COCCN(CC(=O)N(Cc1cccn1Cc1ccccc1)C1CCCCC1)C(=O)C(C)(C)C. The number of hydrogen-bond donors (Lipinski definition) is 0. The Kier molecular flexibility index (Phi) is 9.34. The van der Waals surface area contributed by atoms with Gasteiger partial charge in [0.15, 0.2) is 0 Å². The van der Waals surface area contributed by atoms with Crippen LogP contribution in [0.15, 0.2) is 48.7 Å². The minimum atomic E-state index is -0.548. The zero-order valence-electron chi connectivity index (χ0n) is 21.3. The van der Waals surface area contributed by atoms with Gasteiger partial charge in [0.1, 0.15) is 0 Å². The van der Waals surface area contributed by atoms with Gasteiger partial charge in [0.25, 0.3) is 0 Å². The first-order valence-electron chi connectivity index (χ1n) is 12.6. The molecule has 2 aromatic rings. The van der Waals surface area contributed by atoms with Crippen LogP contribution in [-0.4, -0.2) is 59.0 Å². The molecule has 6 heteroatoms. The molecule has 2 amide bonds. The molecule has 0 N–H and O–H groups in total. The van der Waals surface area contributed by atoms with E-state index in [1.54, 1.807) is 12.0 Å². The minimum Gasteiger partial charge on any atom is -0.383 e. The van der Waals surface area contributed by atoms with Gasteiger partial charge in [0.05, 0.1) is 19.7 Å². The zero-order chi connectivity index (χ0) is 24.6. The number of nitrogens with zero attached hydrogens (tertiary/aromatic N) is 3. The summed E-state index contributed by atoms with van der Waals surface area (Å²) in [5.74, 6) is 0.00186. The van der Waals surface area contributed by atoms with Crippen LogP contribution in [0.5, 0.6) is 0 Å². The van der Waals surface area contributed by atoms with E-state index >= 15 is 0 Å². The standard InChI is InChI=1S/C28H41N3O3/c1-28(2,3)27(33)30(18-19-34-4)22-26(32)31(24-14-9-6-10-15-24)21-25-16-11-17-29(25)20-23-12-7-5-8-13-23/h5,7-8,11-13,16-17,24H,6,9-10,14-15,18-22H2,1-4H3. The molecule has 1 aliphatic rings. The Hall–Kier alpha value is -2.60. The summed E-state index contributed by atoms with van der Waals surface area (Å²) in [5, 5.41) is 0. The lowest BCUT2D eigenvalue weighted by Gasteiger charge is -2.37. The first-order chi connectivity index (χ1) is 16.3. The number of benzene rings is 1. The molecule has 0 atom stereocenters. The van der Waals surface area contributed by atoms with Crippen LogP contribution in [0, 0.1) is 5.41 Å². The van der Waals surface area contributed by atoms with Crippen LogP contribution in [0.4, 0.5) is 0 Å². The fourth-order valence-electron chi connectivity index (χ4n) is 4.70. The Morgan fingerprint density at radius 2 is 1.74 bits per heavy atom. The van der Waals surface area contributed by atoms with Crippen LogP contribution in [0.3, 0.4) is 0 Å². The largest absolute Gasteiger partial charge is 0.383 e. The van der Waals surface area contributed by atoms with Crippen molar-refractivity contribution in [1.29, 1.82) is 0 Å². The number of carbonyl (C=O) groups is 2. The molecule has 1 aromatic heterocycles. The number of hydrogen-bond acceptors (Lipinski definition) is 3. The molecule has 6 nitrogen and oxygen atoms in total. The van der Waals surface area contributed by atoms with Gasteiger partial charge in [-0.25, -0.2) is 0 Å². The molecular weight excluding hydrogens is 426 g/mol. The molecule has 186 valence electrons. The van der Waals surface area contributed by atoms with Gasteiger partial charge in [0.2, 0.25) is 11.8 Å². The summed E-state index contributed by atoms with van der Waals surface area (Å²) in [5.41, 5.74) is 1.80. The van der Waals surface area contributed by atoms with E-state index in [2.05, 4.69) is 47.2 Å². The fourth-order valence-corrected chi connectivity index (χ4v) is 4.70. The highest BCUT2D eigenvalue weighted by molar-refractivity contribution is 5.87. The summed E-state index contributed by atoms with van der Waals surface area (Å²) in [6.07, 6.45) is 7.65. The zero-order valence-corrected chi connectivity index (χ0v) is 21.3. The number of rotatable bonds is 10. The molecule has 1 aromatic carbocycles. The number of aromatic nitrogens is 1. The quantitative estimate of drug-likeness (QED) is 0.508. The summed E-state index contributed by atoms with van der Waals surface area (Å²) in [6, 6.07) is 14.8. The molecule has 1 aliphatic carbocycles. The second-order valence-electron chi connectivity index (χ2n) is 10.4. The van der Waals surface area contributed by atoms with E-state index in [1.165, 1.54) is 12.0 Å². The van der Waals surface area contributed by atoms with Crippen molar-refractivity contribution >= 4 is 11.8 Å². The van der Waals surface area contributed by atoms with Crippen molar-refractivity contribution < 1.29 is 14.3 Å². The molecule has 1 heterocycles. The maximum absolute atomic E-state index is 13.7. The number of amides is 2. The predicted molar refractivity (Wildman–Crippen MR) is 135 cm³/mol. The molecule has 3 rings (SSSR count). The summed E-state index contributed by atoms with van der Waals surface area (Å²) in [4.78, 5) is 30.5. The van der Waals surface area contributed by atoms with Gasteiger partial charge in [0, 0.05) is 43.5 Å². The summed E-state index contributed by atoms with van der Waals surface area (Å²) in [7, 11) is 1.62. The van der Waals surface area contributed by atoms with Gasteiger partial charge >= 0.3 is 0 Å². The van der Waals surface area contributed by atoms with Crippen LogP contribution < -0.4 is 0 Å². The lowest BCUT2D eigenvalue weighted by Crippen LogP contribution is -2.50. The van der Waals surface area contributed by atoms with Crippen LogP contribution in [0.1, 0.15) is 64.1 Å². The number of ether oxygens (including phenoxy) is 1. The fraction of sp³-hybridized carbons (Fsp3) is 0.571. The second-order valence-corrected chi connectivity index (χ2v) is 10.4. The van der Waals surface area contributed by atoms with Crippen molar-refractivity contribution in [2.75, 3.05) is 26.8 Å². The van der Waals surface area contributed by atoms with Crippen molar-refractivity contribution in [3.05, 3.63) is 59.9 Å². The van der Waals surface area contributed by atoms with E-state index in [1.807, 2.05) is 31.7 Å². The van der Waals surface area contributed by atoms with Crippen molar-refractivity contribution in [1.82, 2.24) is 14.4 Å². The third-order valence-electron chi connectivity index (χ3n) is 6.61. The minimum absolute atomic E-state index is 0.0195. The van der Waals surface area contributed by atoms with E-state index in [9.17, 15) is 9.59 Å². The highest BCUT2D eigenvalue weighted by Gasteiger charge is 2.32. The van der Waals surface area contributed by atoms with E-state index in [-0.39, 0.29) is 24.4 Å². The van der Waals surface area contributed by atoms with Crippen LogP contribution >= 0.6 is 0 Å². The first-order valence-corrected chi connectivity index (χ1v) is 12.6. The number of methoxy groups -OCH3 is 1. The summed E-state index contributed by atoms with van der Waals surface area (Å²) < 4.78 is 7.45. The van der Waals surface area contributed by atoms with Crippen molar-refractivity contribution in [3.63, 3.8) is 0 Å². The molecule has 0 radical (unpaired) electrons. The second kappa shape index (κ2) is 12.2. The van der Waals surface area contributed by atoms with Crippen LogP contribution in [-0.2, 0) is 27.4 Å². The molecule has 1 fully saturated rings. The number of carbonyl (C=O) groups excluding carboxylic acids is 2. The third kappa shape index (κ3) is 7.20. The Morgan fingerprint density at radius 3 is 2.38 bits per heavy atom. The Balaban J connectivity index is 1.80. The Morgan fingerprint density at radius 1 is 1.03 bits per heavy atom. The lowest BCUT2D eigenvalue weighted by molar-refractivity contribution is -0.147. The Bertz CT molecular complexity index is 910. The van der Waals surface area contributed by atoms with E-state index in [0.29, 0.717) is 19.7 Å². The van der Waals surface area contributed by atoms with E-state index < -0.39 is 5.41 Å². The van der Waals surface area contributed by atoms with Crippen molar-refractivity contribution in [2.24, 2.45) is 5.41 Å². The third-order valence-corrected chi connectivity index (χ3v) is 6.61. The average Bonchev–Trinajstić information content (AvgIpc) is 3.26. The summed E-state index contributed by atoms with van der Waals surface area (Å²) in [6.45, 7) is 7.96. The topological polar surface area (TPSA) is 54.8 Å². The maximum Gasteiger partial charge on any atom is 0.242 e. The Labute approximate surface area is 204 Å². The lowest BCUT2D eigenvalue weighted by atomic mass is 9.93. The highest BCUT2D eigenvalue weighted by Crippen LogP contribution is 2.25. The molecule has 0 bridgehead atoms. The van der Waals surface area contributed by atoms with Crippen LogP contribution in [0.2, 0.25) is 0 Å². The van der Waals surface area contributed by atoms with Crippen molar-refractivity contribution in [3.8, 4) is 0 Å². The normalized spacial score (nSPS) is 14.7.